The molecule has 0 aliphatic rings. The lowest BCUT2D eigenvalue weighted by molar-refractivity contribution is 0.427. The molecule has 0 spiro atoms. The maximum absolute atomic E-state index is 12.3. The van der Waals surface area contributed by atoms with Gasteiger partial charge in [0.2, 0.25) is 10.0 Å². The number of hydrogen-bond acceptors (Lipinski definition) is 3. The first-order valence-corrected chi connectivity index (χ1v) is 7.46. The van der Waals surface area contributed by atoms with Crippen LogP contribution in [0.15, 0.2) is 29.2 Å². The van der Waals surface area contributed by atoms with Crippen molar-refractivity contribution in [2.75, 3.05) is 13.1 Å². The molecule has 0 unspecified atom stereocenters. The number of hydrogen-bond donors (Lipinski definition) is 0. The second-order valence-corrected chi connectivity index (χ2v) is 5.91. The molecule has 0 amide bonds. The predicted octanol–water partition coefficient (Wildman–Crippen LogP) is 2.17. The first-order valence-electron chi connectivity index (χ1n) is 6.02. The van der Waals surface area contributed by atoms with Gasteiger partial charge in [0, 0.05) is 13.1 Å². The normalized spacial score (nSPS) is 11.4. The number of rotatable bonds is 6. The molecule has 0 atom stereocenters. The summed E-state index contributed by atoms with van der Waals surface area (Å²) in [6, 6.07) is 8.56. The Morgan fingerprint density at radius 1 is 1.22 bits per heavy atom. The molecule has 0 aliphatic heterocycles. The van der Waals surface area contributed by atoms with E-state index in [1.165, 1.54) is 4.31 Å². The van der Waals surface area contributed by atoms with Crippen LogP contribution in [0.1, 0.15) is 25.8 Å². The Morgan fingerprint density at radius 2 is 1.83 bits per heavy atom. The minimum Gasteiger partial charge on any atom is -0.207 e. The quantitative estimate of drug-likeness (QED) is 0.792. The lowest BCUT2D eigenvalue weighted by Crippen LogP contribution is -2.31. The van der Waals surface area contributed by atoms with Gasteiger partial charge in [-0.3, -0.25) is 0 Å². The second kappa shape index (κ2) is 6.53. The highest BCUT2D eigenvalue weighted by Gasteiger charge is 2.21. The fourth-order valence-corrected chi connectivity index (χ4v) is 3.26. The summed E-state index contributed by atoms with van der Waals surface area (Å²) in [6.07, 6.45) is 1.09. The molecule has 1 aromatic rings. The Bertz CT molecular complexity index is 515. The summed E-state index contributed by atoms with van der Waals surface area (Å²) in [5.74, 6) is 0. The van der Waals surface area contributed by atoms with Crippen LogP contribution in [0, 0.1) is 11.3 Å². The molecule has 4 nitrogen and oxygen atoms in total. The number of nitriles is 1. The van der Waals surface area contributed by atoms with Crippen LogP contribution >= 0.6 is 0 Å². The van der Waals surface area contributed by atoms with Gasteiger partial charge in [0.1, 0.15) is 0 Å². The van der Waals surface area contributed by atoms with Crippen molar-refractivity contribution < 1.29 is 8.42 Å². The lowest BCUT2D eigenvalue weighted by atomic mass is 10.2. The zero-order valence-corrected chi connectivity index (χ0v) is 11.6. The minimum absolute atomic E-state index is 0.291. The highest BCUT2D eigenvalue weighted by molar-refractivity contribution is 7.89. The van der Waals surface area contributed by atoms with E-state index in [0.717, 1.165) is 12.0 Å². The molecule has 0 N–H and O–H groups in total. The van der Waals surface area contributed by atoms with E-state index in [1.807, 2.05) is 19.9 Å². The average Bonchev–Trinajstić information content (AvgIpc) is 2.36. The Hall–Kier alpha value is -1.38. The van der Waals surface area contributed by atoms with Crippen LogP contribution in [0.2, 0.25) is 0 Å². The Balaban J connectivity index is 3.01. The van der Waals surface area contributed by atoms with Crippen LogP contribution in [-0.2, 0) is 16.4 Å². The van der Waals surface area contributed by atoms with Gasteiger partial charge in [-0.15, -0.1) is 0 Å². The minimum atomic E-state index is -3.39. The molecule has 0 fully saturated rings. The fraction of sp³-hybridized carbons (Fsp3) is 0.462. The van der Waals surface area contributed by atoms with E-state index in [4.69, 9.17) is 5.26 Å². The van der Waals surface area contributed by atoms with Gasteiger partial charge in [-0.05, 0) is 24.1 Å². The molecular weight excluding hydrogens is 248 g/mol. The van der Waals surface area contributed by atoms with Crippen molar-refractivity contribution in [3.05, 3.63) is 29.8 Å². The first-order chi connectivity index (χ1) is 8.56. The molecule has 0 bridgehead atoms. The van der Waals surface area contributed by atoms with Crippen molar-refractivity contribution >= 4 is 10.0 Å². The third-order valence-corrected chi connectivity index (χ3v) is 4.66. The Morgan fingerprint density at radius 3 is 2.28 bits per heavy atom. The summed E-state index contributed by atoms with van der Waals surface area (Å²) in [5.41, 5.74) is 0.829. The number of sulfonamides is 1. The maximum Gasteiger partial charge on any atom is 0.243 e. The molecule has 0 saturated heterocycles. The standard InChI is InChI=1S/C13H18N2O2S/c1-3-11-15(4-2)18(16,17)13-7-5-12(6-8-13)9-10-14/h5-8H,3-4,9,11H2,1-2H3. The topological polar surface area (TPSA) is 61.2 Å². The SMILES string of the molecule is CCCN(CC)S(=O)(=O)c1ccc(CC#N)cc1. The molecule has 1 aromatic carbocycles. The van der Waals surface area contributed by atoms with Crippen molar-refractivity contribution in [2.24, 2.45) is 0 Å². The molecule has 0 radical (unpaired) electrons. The summed E-state index contributed by atoms with van der Waals surface area (Å²) >= 11 is 0. The molecule has 1 rings (SSSR count). The summed E-state index contributed by atoms with van der Waals surface area (Å²) < 4.78 is 26.0. The van der Waals surface area contributed by atoms with E-state index in [-0.39, 0.29) is 0 Å². The van der Waals surface area contributed by atoms with E-state index in [2.05, 4.69) is 0 Å². The van der Waals surface area contributed by atoms with Crippen molar-refractivity contribution in [1.29, 1.82) is 5.26 Å². The maximum atomic E-state index is 12.3. The van der Waals surface area contributed by atoms with Crippen LogP contribution < -0.4 is 0 Å². The van der Waals surface area contributed by atoms with E-state index >= 15 is 0 Å². The van der Waals surface area contributed by atoms with Gasteiger partial charge in [-0.25, -0.2) is 8.42 Å². The molecule has 5 heteroatoms. The Kier molecular flexibility index (Phi) is 5.32. The van der Waals surface area contributed by atoms with Gasteiger partial charge in [0.25, 0.3) is 0 Å². The third kappa shape index (κ3) is 3.31. The third-order valence-electron chi connectivity index (χ3n) is 2.67. The molecule has 0 saturated carbocycles. The Labute approximate surface area is 109 Å². The summed E-state index contributed by atoms with van der Waals surface area (Å²) in [5, 5.41) is 8.57. The van der Waals surface area contributed by atoms with E-state index in [9.17, 15) is 8.42 Å². The van der Waals surface area contributed by atoms with Crippen molar-refractivity contribution in [3.8, 4) is 6.07 Å². The van der Waals surface area contributed by atoms with Gasteiger partial charge in [0.05, 0.1) is 17.4 Å². The monoisotopic (exact) mass is 266 g/mol. The molecular formula is C13H18N2O2S. The van der Waals surface area contributed by atoms with Crippen LogP contribution in [0.3, 0.4) is 0 Å². The van der Waals surface area contributed by atoms with Gasteiger partial charge in [-0.1, -0.05) is 26.0 Å². The van der Waals surface area contributed by atoms with Crippen LogP contribution in [0.4, 0.5) is 0 Å². The molecule has 0 aromatic heterocycles. The first kappa shape index (κ1) is 14.7. The van der Waals surface area contributed by atoms with Crippen molar-refractivity contribution in [2.45, 2.75) is 31.6 Å². The van der Waals surface area contributed by atoms with Crippen LogP contribution in [0.25, 0.3) is 0 Å². The van der Waals surface area contributed by atoms with Crippen LogP contribution in [-0.4, -0.2) is 25.8 Å². The van der Waals surface area contributed by atoms with Crippen molar-refractivity contribution in [1.82, 2.24) is 4.31 Å². The predicted molar refractivity (Wildman–Crippen MR) is 70.5 cm³/mol. The zero-order chi connectivity index (χ0) is 13.6. The van der Waals surface area contributed by atoms with Gasteiger partial charge < -0.3 is 0 Å². The molecule has 0 aliphatic carbocycles. The van der Waals surface area contributed by atoms with E-state index in [1.54, 1.807) is 24.3 Å². The molecule has 18 heavy (non-hydrogen) atoms. The summed E-state index contributed by atoms with van der Waals surface area (Å²) in [7, 11) is -3.39. The molecule has 0 heterocycles. The lowest BCUT2D eigenvalue weighted by Gasteiger charge is -2.19. The van der Waals surface area contributed by atoms with Gasteiger partial charge >= 0.3 is 0 Å². The van der Waals surface area contributed by atoms with E-state index < -0.39 is 10.0 Å². The van der Waals surface area contributed by atoms with Gasteiger partial charge in [0.15, 0.2) is 0 Å². The average molecular weight is 266 g/mol. The largest absolute Gasteiger partial charge is 0.243 e. The van der Waals surface area contributed by atoms with Crippen molar-refractivity contribution in [3.63, 3.8) is 0 Å². The van der Waals surface area contributed by atoms with Gasteiger partial charge in [-0.2, -0.15) is 9.57 Å². The number of benzene rings is 1. The second-order valence-electron chi connectivity index (χ2n) is 3.98. The van der Waals surface area contributed by atoms with Crippen LogP contribution in [0.5, 0.6) is 0 Å². The fourth-order valence-electron chi connectivity index (χ4n) is 1.72. The molecule has 98 valence electrons. The highest BCUT2D eigenvalue weighted by atomic mass is 32.2. The number of nitrogens with zero attached hydrogens (tertiary/aromatic N) is 2. The summed E-state index contributed by atoms with van der Waals surface area (Å²) in [4.78, 5) is 0.291. The smallest absolute Gasteiger partial charge is 0.207 e. The summed E-state index contributed by atoms with van der Waals surface area (Å²) in [6.45, 7) is 4.78. The van der Waals surface area contributed by atoms with E-state index in [0.29, 0.717) is 24.4 Å². The highest BCUT2D eigenvalue weighted by Crippen LogP contribution is 2.16. The zero-order valence-electron chi connectivity index (χ0n) is 10.8.